The van der Waals surface area contributed by atoms with Crippen LogP contribution in [0, 0.1) is 6.92 Å². The Bertz CT molecular complexity index is 864. The topological polar surface area (TPSA) is 98.5 Å². The van der Waals surface area contributed by atoms with E-state index in [1.807, 2.05) is 0 Å². The standard InChI is InChI=1S/C16H14Cl2N2O4S/c1-3-24-16(23)11-7(2)12(13(19)21)25-15(11)20-14(22)9-5-4-8(17)6-10(9)18/h4-6H,3H2,1-2H3,(H2,19,21)(H,20,22). The van der Waals surface area contributed by atoms with Crippen molar-refractivity contribution in [3.05, 3.63) is 49.8 Å². The molecule has 0 aliphatic heterocycles. The molecule has 0 aliphatic rings. The van der Waals surface area contributed by atoms with Gasteiger partial charge >= 0.3 is 5.97 Å². The van der Waals surface area contributed by atoms with E-state index in [0.717, 1.165) is 11.3 Å². The number of halogens is 2. The fraction of sp³-hybridized carbons (Fsp3) is 0.188. The summed E-state index contributed by atoms with van der Waals surface area (Å²) in [5.41, 5.74) is 5.95. The van der Waals surface area contributed by atoms with Crippen molar-refractivity contribution in [1.82, 2.24) is 0 Å². The van der Waals surface area contributed by atoms with Gasteiger partial charge in [0.05, 0.1) is 27.6 Å². The van der Waals surface area contributed by atoms with E-state index in [1.165, 1.54) is 18.2 Å². The summed E-state index contributed by atoms with van der Waals surface area (Å²) in [6, 6.07) is 4.40. The number of thiophene rings is 1. The molecule has 25 heavy (non-hydrogen) atoms. The van der Waals surface area contributed by atoms with E-state index in [0.29, 0.717) is 10.6 Å². The number of esters is 1. The van der Waals surface area contributed by atoms with Crippen molar-refractivity contribution in [2.45, 2.75) is 13.8 Å². The number of rotatable bonds is 5. The summed E-state index contributed by atoms with van der Waals surface area (Å²) < 4.78 is 4.99. The van der Waals surface area contributed by atoms with Gasteiger partial charge in [-0.3, -0.25) is 9.59 Å². The largest absolute Gasteiger partial charge is 0.462 e. The molecule has 0 unspecified atom stereocenters. The molecular weight excluding hydrogens is 387 g/mol. The first-order chi connectivity index (χ1) is 11.8. The highest BCUT2D eigenvalue weighted by Crippen LogP contribution is 2.34. The molecule has 1 aromatic carbocycles. The van der Waals surface area contributed by atoms with Gasteiger partial charge in [-0.05, 0) is 37.6 Å². The molecule has 0 aliphatic carbocycles. The third-order valence-electron chi connectivity index (χ3n) is 3.25. The molecule has 0 saturated carbocycles. The van der Waals surface area contributed by atoms with Gasteiger partial charge in [0.2, 0.25) is 0 Å². The Balaban J connectivity index is 2.44. The zero-order valence-corrected chi connectivity index (χ0v) is 15.6. The Morgan fingerprint density at radius 2 is 1.96 bits per heavy atom. The molecule has 0 bridgehead atoms. The highest BCUT2D eigenvalue weighted by atomic mass is 35.5. The molecule has 2 amide bonds. The second-order valence-corrected chi connectivity index (χ2v) is 6.79. The van der Waals surface area contributed by atoms with Gasteiger partial charge in [-0.15, -0.1) is 11.3 Å². The fourth-order valence-corrected chi connectivity index (χ4v) is 3.67. The van der Waals surface area contributed by atoms with Gasteiger partial charge in [-0.1, -0.05) is 23.2 Å². The molecule has 2 rings (SSSR count). The van der Waals surface area contributed by atoms with Gasteiger partial charge in [0.15, 0.2) is 0 Å². The summed E-state index contributed by atoms with van der Waals surface area (Å²) >= 11 is 12.7. The Morgan fingerprint density at radius 1 is 1.28 bits per heavy atom. The van der Waals surface area contributed by atoms with Gasteiger partial charge in [0.1, 0.15) is 5.00 Å². The van der Waals surface area contributed by atoms with Crippen LogP contribution in [0.3, 0.4) is 0 Å². The predicted octanol–water partition coefficient (Wildman–Crippen LogP) is 3.89. The van der Waals surface area contributed by atoms with E-state index in [1.54, 1.807) is 13.8 Å². The lowest BCUT2D eigenvalue weighted by atomic mass is 10.1. The molecule has 1 heterocycles. The number of amides is 2. The van der Waals surface area contributed by atoms with Gasteiger partial charge in [-0.2, -0.15) is 0 Å². The summed E-state index contributed by atoms with van der Waals surface area (Å²) in [6.07, 6.45) is 0. The van der Waals surface area contributed by atoms with Crippen LogP contribution in [0.2, 0.25) is 10.0 Å². The second kappa shape index (κ2) is 7.86. The van der Waals surface area contributed by atoms with Crippen LogP contribution in [0.4, 0.5) is 5.00 Å². The Labute approximate surface area is 157 Å². The Hall–Kier alpha value is -2.09. The van der Waals surface area contributed by atoms with Crippen molar-refractivity contribution in [1.29, 1.82) is 0 Å². The molecular formula is C16H14Cl2N2O4S. The minimum atomic E-state index is -0.696. The van der Waals surface area contributed by atoms with Crippen LogP contribution in [0.5, 0.6) is 0 Å². The molecule has 3 N–H and O–H groups in total. The molecule has 6 nitrogen and oxygen atoms in total. The zero-order chi connectivity index (χ0) is 18.7. The lowest BCUT2D eigenvalue weighted by Gasteiger charge is -2.08. The highest BCUT2D eigenvalue weighted by Gasteiger charge is 2.26. The van der Waals surface area contributed by atoms with Crippen LogP contribution in [0.15, 0.2) is 18.2 Å². The predicted molar refractivity (Wildman–Crippen MR) is 97.9 cm³/mol. The lowest BCUT2D eigenvalue weighted by molar-refractivity contribution is 0.0527. The first-order valence-electron chi connectivity index (χ1n) is 7.13. The zero-order valence-electron chi connectivity index (χ0n) is 13.3. The van der Waals surface area contributed by atoms with Gasteiger partial charge in [-0.25, -0.2) is 4.79 Å². The van der Waals surface area contributed by atoms with Crippen LogP contribution in [-0.4, -0.2) is 24.4 Å². The first-order valence-corrected chi connectivity index (χ1v) is 8.70. The molecule has 2 aromatic rings. The number of nitrogens with one attached hydrogen (secondary N) is 1. The molecule has 0 atom stereocenters. The summed E-state index contributed by atoms with van der Waals surface area (Å²) in [4.78, 5) is 36.4. The number of benzene rings is 1. The van der Waals surface area contributed by atoms with E-state index in [2.05, 4.69) is 5.32 Å². The van der Waals surface area contributed by atoms with Crippen LogP contribution < -0.4 is 11.1 Å². The SMILES string of the molecule is CCOC(=O)c1c(NC(=O)c2ccc(Cl)cc2Cl)sc(C(N)=O)c1C. The molecule has 132 valence electrons. The summed E-state index contributed by atoms with van der Waals surface area (Å²) in [5.74, 6) is -1.90. The van der Waals surface area contributed by atoms with Gasteiger partial charge in [0.25, 0.3) is 11.8 Å². The van der Waals surface area contributed by atoms with Crippen molar-refractivity contribution < 1.29 is 19.1 Å². The van der Waals surface area contributed by atoms with Crippen LogP contribution in [0.1, 0.15) is 42.9 Å². The van der Waals surface area contributed by atoms with E-state index < -0.39 is 17.8 Å². The highest BCUT2D eigenvalue weighted by molar-refractivity contribution is 7.18. The monoisotopic (exact) mass is 400 g/mol. The van der Waals surface area contributed by atoms with E-state index >= 15 is 0 Å². The number of hydrogen-bond donors (Lipinski definition) is 2. The van der Waals surface area contributed by atoms with Crippen molar-refractivity contribution in [3.8, 4) is 0 Å². The van der Waals surface area contributed by atoms with E-state index in [9.17, 15) is 14.4 Å². The summed E-state index contributed by atoms with van der Waals surface area (Å²) in [7, 11) is 0. The van der Waals surface area contributed by atoms with Crippen LogP contribution >= 0.6 is 34.5 Å². The van der Waals surface area contributed by atoms with Crippen molar-refractivity contribution in [2.75, 3.05) is 11.9 Å². The number of anilines is 1. The molecule has 1 aromatic heterocycles. The van der Waals surface area contributed by atoms with E-state index in [-0.39, 0.29) is 32.6 Å². The number of ether oxygens (including phenoxy) is 1. The number of carbonyl (C=O) groups is 3. The fourth-order valence-electron chi connectivity index (χ4n) is 2.13. The molecule has 9 heteroatoms. The maximum Gasteiger partial charge on any atom is 0.341 e. The number of nitrogens with two attached hydrogens (primary N) is 1. The summed E-state index contributed by atoms with van der Waals surface area (Å²) in [6.45, 7) is 3.37. The van der Waals surface area contributed by atoms with Crippen LogP contribution in [-0.2, 0) is 4.74 Å². The maximum atomic E-state index is 12.5. The molecule has 0 radical (unpaired) electrons. The van der Waals surface area contributed by atoms with Crippen LogP contribution in [0.25, 0.3) is 0 Å². The van der Waals surface area contributed by atoms with Crippen molar-refractivity contribution in [2.24, 2.45) is 5.73 Å². The van der Waals surface area contributed by atoms with Gasteiger partial charge < -0.3 is 15.8 Å². The normalized spacial score (nSPS) is 10.4. The van der Waals surface area contributed by atoms with Crippen molar-refractivity contribution in [3.63, 3.8) is 0 Å². The van der Waals surface area contributed by atoms with Crippen molar-refractivity contribution >= 4 is 57.3 Å². The average molecular weight is 401 g/mol. The third kappa shape index (κ3) is 4.12. The lowest BCUT2D eigenvalue weighted by Crippen LogP contribution is -2.15. The Kier molecular flexibility index (Phi) is 6.05. The number of carbonyl (C=O) groups excluding carboxylic acids is 3. The smallest absolute Gasteiger partial charge is 0.341 e. The average Bonchev–Trinajstić information content (AvgIpc) is 2.83. The maximum absolute atomic E-state index is 12.5. The molecule has 0 spiro atoms. The number of hydrogen-bond acceptors (Lipinski definition) is 5. The second-order valence-electron chi connectivity index (χ2n) is 4.92. The van der Waals surface area contributed by atoms with Gasteiger partial charge in [0, 0.05) is 5.02 Å². The first kappa shape index (κ1) is 19.2. The third-order valence-corrected chi connectivity index (χ3v) is 5.02. The minimum Gasteiger partial charge on any atom is -0.462 e. The molecule has 0 saturated heterocycles. The Morgan fingerprint density at radius 3 is 2.52 bits per heavy atom. The number of primary amides is 1. The minimum absolute atomic E-state index is 0.0964. The molecule has 0 fully saturated rings. The van der Waals surface area contributed by atoms with E-state index in [4.69, 9.17) is 33.7 Å². The summed E-state index contributed by atoms with van der Waals surface area (Å²) in [5, 5.41) is 3.30. The quantitative estimate of drug-likeness (QED) is 0.743.